The van der Waals surface area contributed by atoms with E-state index in [1.165, 1.54) is 11.8 Å². The van der Waals surface area contributed by atoms with Gasteiger partial charge in [0.05, 0.1) is 35.8 Å². The van der Waals surface area contributed by atoms with Crippen LogP contribution in [-0.2, 0) is 19.1 Å². The topological polar surface area (TPSA) is 90.4 Å². The monoisotopic (exact) mass is 601 g/mol. The van der Waals surface area contributed by atoms with Gasteiger partial charge in [-0.1, -0.05) is 54.6 Å². The summed E-state index contributed by atoms with van der Waals surface area (Å²) in [5.74, 6) is -2.44. The van der Waals surface area contributed by atoms with E-state index in [1.807, 2.05) is 72.8 Å². The second-order valence-electron chi connectivity index (χ2n) is 11.5. The number of anilines is 2. The number of rotatable bonds is 7. The maximum absolute atomic E-state index is 14.8. The lowest BCUT2D eigenvalue weighted by Gasteiger charge is -2.38. The van der Waals surface area contributed by atoms with E-state index in [-0.39, 0.29) is 23.7 Å². The first-order valence-electron chi connectivity index (χ1n) is 15.3. The number of aliphatic hydroxyl groups excluding tert-OH is 1. The normalized spacial score (nSPS) is 29.9. The van der Waals surface area contributed by atoms with Crippen LogP contribution in [0.4, 0.5) is 11.4 Å². The molecule has 9 heteroatoms. The summed E-state index contributed by atoms with van der Waals surface area (Å²) in [6.45, 7) is 6.26. The number of allylic oxidation sites excluding steroid dienone is 1. The van der Waals surface area contributed by atoms with E-state index in [1.54, 1.807) is 9.80 Å². The molecule has 43 heavy (non-hydrogen) atoms. The van der Waals surface area contributed by atoms with Crippen molar-refractivity contribution in [2.75, 3.05) is 42.6 Å². The molecule has 0 aromatic heterocycles. The number of amides is 2. The minimum absolute atomic E-state index is 0.220. The Morgan fingerprint density at radius 1 is 1.02 bits per heavy atom. The van der Waals surface area contributed by atoms with Crippen molar-refractivity contribution in [2.45, 2.75) is 48.8 Å². The zero-order valence-corrected chi connectivity index (χ0v) is 25.5. The highest BCUT2D eigenvalue weighted by molar-refractivity contribution is 8.02. The van der Waals surface area contributed by atoms with Gasteiger partial charge >= 0.3 is 5.97 Å². The van der Waals surface area contributed by atoms with E-state index in [2.05, 4.69) is 24.8 Å². The number of cyclic esters (lactones) is 1. The number of fused-ring (bicyclic) bond motifs is 2. The standard InChI is InChI=1S/C34H39N3O5S/c1-3-35(4-2)24-15-17-25(18-16-24)36-20-11-19-34-29(28-27(43-34)14-9-6-10-21-42-33(28)41)31(39)37(30(34)32(36)40)26(22-38)23-12-7-5-8-13-23/h5,7-9,11-19,26-30,38H,3-4,6,10,20-22H2,1-2H3/b14-9-/t26-,27+,28-,29+,30?,34+/m1/s1. The third-order valence-electron chi connectivity index (χ3n) is 9.27. The molecule has 0 bridgehead atoms. The van der Waals surface area contributed by atoms with Crippen LogP contribution < -0.4 is 9.80 Å². The number of carbonyl (C=O) groups is 3. The number of nitrogens with zero attached hydrogens (tertiary/aromatic N) is 3. The molecule has 0 radical (unpaired) electrons. The predicted molar refractivity (Wildman–Crippen MR) is 169 cm³/mol. The summed E-state index contributed by atoms with van der Waals surface area (Å²) in [4.78, 5) is 48.6. The van der Waals surface area contributed by atoms with Crippen LogP contribution in [-0.4, -0.2) is 76.7 Å². The van der Waals surface area contributed by atoms with Gasteiger partial charge in [0.2, 0.25) is 5.91 Å². The third kappa shape index (κ3) is 4.96. The molecule has 6 atom stereocenters. The maximum atomic E-state index is 14.8. The van der Waals surface area contributed by atoms with Crippen molar-refractivity contribution in [1.82, 2.24) is 4.90 Å². The number of carbonyl (C=O) groups excluding carboxylic acids is 3. The molecular weight excluding hydrogens is 562 g/mol. The largest absolute Gasteiger partial charge is 0.465 e. The maximum Gasteiger partial charge on any atom is 0.311 e. The van der Waals surface area contributed by atoms with Crippen LogP contribution in [0.25, 0.3) is 0 Å². The first-order chi connectivity index (χ1) is 20.9. The van der Waals surface area contributed by atoms with Crippen LogP contribution in [0.15, 0.2) is 78.9 Å². The van der Waals surface area contributed by atoms with Gasteiger partial charge in [-0.05, 0) is 56.5 Å². The predicted octanol–water partition coefficient (Wildman–Crippen LogP) is 4.36. The van der Waals surface area contributed by atoms with E-state index in [0.29, 0.717) is 13.2 Å². The zero-order chi connectivity index (χ0) is 30.1. The summed E-state index contributed by atoms with van der Waals surface area (Å²) in [6.07, 6.45) is 9.55. The Bertz CT molecular complexity index is 1410. The van der Waals surface area contributed by atoms with Crippen LogP contribution >= 0.6 is 11.8 Å². The number of aliphatic hydroxyl groups is 1. The third-order valence-corrected chi connectivity index (χ3v) is 11.0. The summed E-state index contributed by atoms with van der Waals surface area (Å²) in [7, 11) is 0. The van der Waals surface area contributed by atoms with Gasteiger partial charge in [-0.2, -0.15) is 0 Å². The molecule has 1 spiro atoms. The van der Waals surface area contributed by atoms with Crippen LogP contribution in [0.5, 0.6) is 0 Å². The number of esters is 1. The number of benzene rings is 2. The lowest BCUT2D eigenvalue weighted by molar-refractivity contribution is -0.153. The molecule has 2 amide bonds. The van der Waals surface area contributed by atoms with Crippen LogP contribution in [0, 0.1) is 11.8 Å². The van der Waals surface area contributed by atoms with E-state index in [4.69, 9.17) is 4.74 Å². The van der Waals surface area contributed by atoms with Crippen molar-refractivity contribution >= 4 is 40.9 Å². The first-order valence-corrected chi connectivity index (χ1v) is 16.2. The van der Waals surface area contributed by atoms with Gasteiger partial charge in [-0.3, -0.25) is 14.4 Å². The summed E-state index contributed by atoms with van der Waals surface area (Å²) >= 11 is 1.52. The molecule has 1 N–H and O–H groups in total. The first kappa shape index (κ1) is 29.5. The van der Waals surface area contributed by atoms with Crippen LogP contribution in [0.3, 0.4) is 0 Å². The quantitative estimate of drug-likeness (QED) is 0.373. The van der Waals surface area contributed by atoms with Crippen molar-refractivity contribution in [2.24, 2.45) is 11.8 Å². The number of hydrogen-bond donors (Lipinski definition) is 1. The molecule has 2 fully saturated rings. The second kappa shape index (κ2) is 12.2. The fourth-order valence-electron chi connectivity index (χ4n) is 7.22. The van der Waals surface area contributed by atoms with Crippen molar-refractivity contribution in [3.63, 3.8) is 0 Å². The SMILES string of the molecule is CCN(CC)c1ccc(N2CC=C[C@]34S[C@H]5/C=C\CCCOC(=O)[C@H]5[C@H]3C(=O)N([C@H](CO)c3ccccc3)C4C2=O)cc1. The number of hydrogen-bond acceptors (Lipinski definition) is 7. The van der Waals surface area contributed by atoms with E-state index >= 15 is 0 Å². The van der Waals surface area contributed by atoms with Crippen molar-refractivity contribution in [3.8, 4) is 0 Å². The number of ether oxygens (including phenoxy) is 1. The van der Waals surface area contributed by atoms with Gasteiger partial charge in [-0.15, -0.1) is 11.8 Å². The molecule has 2 saturated heterocycles. The van der Waals surface area contributed by atoms with E-state index in [9.17, 15) is 19.5 Å². The molecule has 0 saturated carbocycles. The molecule has 4 aliphatic rings. The molecule has 4 aliphatic heterocycles. The van der Waals surface area contributed by atoms with Crippen molar-refractivity contribution in [1.29, 1.82) is 0 Å². The van der Waals surface area contributed by atoms with E-state index in [0.717, 1.165) is 42.9 Å². The molecule has 6 rings (SSSR count). The number of thioether (sulfide) groups is 1. The van der Waals surface area contributed by atoms with Crippen LogP contribution in [0.2, 0.25) is 0 Å². The van der Waals surface area contributed by atoms with Gasteiger partial charge in [0, 0.05) is 36.3 Å². The summed E-state index contributed by atoms with van der Waals surface area (Å²) < 4.78 is 4.68. The molecule has 8 nitrogen and oxygen atoms in total. The molecule has 1 unspecified atom stereocenters. The summed E-state index contributed by atoms with van der Waals surface area (Å²) in [5.41, 5.74) is 2.56. The summed E-state index contributed by atoms with van der Waals surface area (Å²) in [6, 6.07) is 15.6. The minimum Gasteiger partial charge on any atom is -0.465 e. The molecular formula is C34H39N3O5S. The molecule has 4 heterocycles. The smallest absolute Gasteiger partial charge is 0.311 e. The fourth-order valence-corrected chi connectivity index (χ4v) is 9.21. The Balaban J connectivity index is 1.46. The molecule has 0 aliphatic carbocycles. The average molecular weight is 602 g/mol. The highest BCUT2D eigenvalue weighted by atomic mass is 32.2. The Kier molecular flexibility index (Phi) is 8.38. The van der Waals surface area contributed by atoms with Gasteiger partial charge < -0.3 is 24.5 Å². The van der Waals surface area contributed by atoms with Crippen LogP contribution in [0.1, 0.15) is 38.3 Å². The fraction of sp³-hybridized carbons (Fsp3) is 0.441. The molecule has 2 aromatic carbocycles. The van der Waals surface area contributed by atoms with Gasteiger partial charge in [-0.25, -0.2) is 0 Å². The Morgan fingerprint density at radius 3 is 2.47 bits per heavy atom. The highest BCUT2D eigenvalue weighted by Crippen LogP contribution is 2.62. The van der Waals surface area contributed by atoms with Gasteiger partial charge in [0.25, 0.3) is 5.91 Å². The van der Waals surface area contributed by atoms with E-state index < -0.39 is 34.6 Å². The Hall–Kier alpha value is -3.56. The summed E-state index contributed by atoms with van der Waals surface area (Å²) in [5, 5.41) is 10.4. The van der Waals surface area contributed by atoms with Crippen molar-refractivity contribution < 1.29 is 24.2 Å². The van der Waals surface area contributed by atoms with Gasteiger partial charge in [0.15, 0.2) is 0 Å². The van der Waals surface area contributed by atoms with Gasteiger partial charge in [0.1, 0.15) is 6.04 Å². The zero-order valence-electron chi connectivity index (χ0n) is 24.7. The Labute approximate surface area is 257 Å². The molecule has 2 aromatic rings. The number of likely N-dealkylation sites (tertiary alicyclic amines) is 1. The Morgan fingerprint density at radius 2 is 1.77 bits per heavy atom. The lowest BCUT2D eigenvalue weighted by atomic mass is 9.78. The second-order valence-corrected chi connectivity index (χ2v) is 13.0. The lowest BCUT2D eigenvalue weighted by Crippen LogP contribution is -2.54. The van der Waals surface area contributed by atoms with Crippen molar-refractivity contribution in [3.05, 3.63) is 84.5 Å². The highest BCUT2D eigenvalue weighted by Gasteiger charge is 2.71. The minimum atomic E-state index is -0.996. The molecule has 226 valence electrons. The average Bonchev–Trinajstić information content (AvgIpc) is 3.44.